The van der Waals surface area contributed by atoms with Crippen molar-refractivity contribution in [2.75, 3.05) is 0 Å². The summed E-state index contributed by atoms with van der Waals surface area (Å²) in [5.41, 5.74) is -1.28. The Hall–Kier alpha value is -0.210. The van der Waals surface area contributed by atoms with E-state index >= 15 is 0 Å². The van der Waals surface area contributed by atoms with E-state index < -0.39 is 11.6 Å². The number of fused-ring (bicyclic) bond motifs is 2. The van der Waals surface area contributed by atoms with Gasteiger partial charge in [0.05, 0.1) is 5.41 Å². The Kier molecular flexibility index (Phi) is 2.08. The first kappa shape index (κ1) is 9.35. The van der Waals surface area contributed by atoms with Gasteiger partial charge in [0, 0.05) is 0 Å². The molecule has 13 heavy (non-hydrogen) atoms. The van der Waals surface area contributed by atoms with Gasteiger partial charge in [0.15, 0.2) is 0 Å². The minimum atomic E-state index is -3.95. The van der Waals surface area contributed by atoms with E-state index in [-0.39, 0.29) is 0 Å². The van der Waals surface area contributed by atoms with Crippen molar-refractivity contribution in [3.8, 4) is 0 Å². The summed E-state index contributed by atoms with van der Waals surface area (Å²) in [5.74, 6) is 0.365. The van der Waals surface area contributed by atoms with Crippen molar-refractivity contribution in [3.05, 3.63) is 0 Å². The Balaban J connectivity index is 2.19. The Morgan fingerprint density at radius 1 is 1.00 bits per heavy atom. The number of halogens is 3. The summed E-state index contributed by atoms with van der Waals surface area (Å²) < 4.78 is 38.4. The lowest BCUT2D eigenvalue weighted by Gasteiger charge is -2.46. The molecular weight excluding hydrogens is 177 g/mol. The summed E-state index contributed by atoms with van der Waals surface area (Å²) in [4.78, 5) is 0. The van der Waals surface area contributed by atoms with Gasteiger partial charge in [0.25, 0.3) is 0 Å². The van der Waals surface area contributed by atoms with E-state index in [1.807, 2.05) is 0 Å². The number of rotatable bonds is 0. The third-order valence-electron chi connectivity index (χ3n) is 3.82. The van der Waals surface area contributed by atoms with Gasteiger partial charge in [-0.25, -0.2) is 0 Å². The minimum Gasteiger partial charge on any atom is -0.171 e. The molecule has 0 spiro atoms. The largest absolute Gasteiger partial charge is 0.394 e. The first-order valence-electron chi connectivity index (χ1n) is 5.10. The number of hydrogen-bond donors (Lipinski definition) is 0. The maximum Gasteiger partial charge on any atom is 0.394 e. The van der Waals surface area contributed by atoms with E-state index in [9.17, 15) is 13.2 Å². The zero-order valence-electron chi connectivity index (χ0n) is 7.66. The molecule has 2 saturated carbocycles. The molecule has 0 unspecified atom stereocenters. The molecule has 2 aliphatic carbocycles. The second-order valence-corrected chi connectivity index (χ2v) is 4.63. The normalized spacial score (nSPS) is 40.4. The molecule has 0 radical (unpaired) electrons. The van der Waals surface area contributed by atoms with Crippen LogP contribution >= 0.6 is 0 Å². The van der Waals surface area contributed by atoms with Crippen LogP contribution in [0.1, 0.15) is 44.9 Å². The molecule has 0 N–H and O–H groups in total. The molecule has 2 fully saturated rings. The highest BCUT2D eigenvalue weighted by molar-refractivity contribution is 4.95. The fraction of sp³-hybridized carbons (Fsp3) is 1.00. The van der Waals surface area contributed by atoms with Crippen LogP contribution in [0.5, 0.6) is 0 Å². The van der Waals surface area contributed by atoms with Gasteiger partial charge in [-0.1, -0.05) is 25.7 Å². The van der Waals surface area contributed by atoms with Crippen molar-refractivity contribution in [2.24, 2.45) is 11.3 Å². The van der Waals surface area contributed by atoms with Crippen LogP contribution in [-0.2, 0) is 0 Å². The summed E-state index contributed by atoms with van der Waals surface area (Å²) in [5, 5.41) is 0. The van der Waals surface area contributed by atoms with E-state index in [2.05, 4.69) is 0 Å². The molecule has 2 bridgehead atoms. The highest BCUT2D eigenvalue weighted by Crippen LogP contribution is 2.57. The summed E-state index contributed by atoms with van der Waals surface area (Å²) >= 11 is 0. The average Bonchev–Trinajstić information content (AvgIpc) is 2.02. The average molecular weight is 192 g/mol. The second kappa shape index (κ2) is 2.89. The summed E-state index contributed by atoms with van der Waals surface area (Å²) in [6, 6.07) is 0. The number of hydrogen-bond acceptors (Lipinski definition) is 0. The van der Waals surface area contributed by atoms with Crippen molar-refractivity contribution in [3.63, 3.8) is 0 Å². The fourth-order valence-corrected chi connectivity index (χ4v) is 3.09. The zero-order chi connectivity index (χ0) is 9.53. The molecule has 2 aliphatic rings. The molecule has 0 amide bonds. The van der Waals surface area contributed by atoms with Crippen LogP contribution in [-0.4, -0.2) is 6.18 Å². The van der Waals surface area contributed by atoms with Gasteiger partial charge in [-0.05, 0) is 25.2 Å². The van der Waals surface area contributed by atoms with Gasteiger partial charge in [-0.2, -0.15) is 13.2 Å². The molecule has 3 heteroatoms. The topological polar surface area (TPSA) is 0 Å². The van der Waals surface area contributed by atoms with Gasteiger partial charge < -0.3 is 0 Å². The SMILES string of the molecule is FC(F)(F)C12CCCC(CCC1)C2. The first-order chi connectivity index (χ1) is 6.04. The molecule has 2 rings (SSSR count). The highest BCUT2D eigenvalue weighted by Gasteiger charge is 2.56. The van der Waals surface area contributed by atoms with Crippen molar-refractivity contribution >= 4 is 0 Å². The lowest BCUT2D eigenvalue weighted by atomic mass is 9.61. The van der Waals surface area contributed by atoms with E-state index in [4.69, 9.17) is 0 Å². The smallest absolute Gasteiger partial charge is 0.171 e. The van der Waals surface area contributed by atoms with E-state index in [0.717, 1.165) is 25.7 Å². The molecule has 0 saturated heterocycles. The molecule has 76 valence electrons. The van der Waals surface area contributed by atoms with Crippen LogP contribution in [0.3, 0.4) is 0 Å². The van der Waals surface area contributed by atoms with Crippen LogP contribution in [0.25, 0.3) is 0 Å². The Morgan fingerprint density at radius 2 is 1.54 bits per heavy atom. The van der Waals surface area contributed by atoms with Gasteiger partial charge in [0.2, 0.25) is 0 Å². The monoisotopic (exact) mass is 192 g/mol. The predicted octanol–water partition coefficient (Wildman–Crippen LogP) is 3.91. The summed E-state index contributed by atoms with van der Waals surface area (Å²) in [6.45, 7) is 0. The van der Waals surface area contributed by atoms with Crippen LogP contribution in [0, 0.1) is 11.3 Å². The second-order valence-electron chi connectivity index (χ2n) is 4.63. The summed E-state index contributed by atoms with van der Waals surface area (Å²) in [6.07, 6.45) is 0.840. The lowest BCUT2D eigenvalue weighted by Crippen LogP contribution is -2.44. The Bertz CT molecular complexity index is 185. The maximum absolute atomic E-state index is 12.8. The van der Waals surface area contributed by atoms with Crippen molar-refractivity contribution in [1.29, 1.82) is 0 Å². The van der Waals surface area contributed by atoms with Crippen molar-refractivity contribution in [2.45, 2.75) is 51.1 Å². The van der Waals surface area contributed by atoms with Gasteiger partial charge >= 0.3 is 6.18 Å². The van der Waals surface area contributed by atoms with E-state index in [1.54, 1.807) is 0 Å². The molecule has 0 heterocycles. The van der Waals surface area contributed by atoms with Crippen molar-refractivity contribution in [1.82, 2.24) is 0 Å². The Labute approximate surface area is 76.5 Å². The molecule has 0 aliphatic heterocycles. The van der Waals surface area contributed by atoms with Gasteiger partial charge in [-0.3, -0.25) is 0 Å². The van der Waals surface area contributed by atoms with Gasteiger partial charge in [-0.15, -0.1) is 0 Å². The lowest BCUT2D eigenvalue weighted by molar-refractivity contribution is -0.248. The third-order valence-corrected chi connectivity index (χ3v) is 3.82. The zero-order valence-corrected chi connectivity index (χ0v) is 7.66. The molecule has 0 aromatic heterocycles. The third kappa shape index (κ3) is 1.46. The molecule has 0 atom stereocenters. The fourth-order valence-electron chi connectivity index (χ4n) is 3.09. The molecule has 0 nitrogen and oxygen atoms in total. The molecule has 0 aromatic carbocycles. The van der Waals surface area contributed by atoms with E-state index in [1.165, 1.54) is 0 Å². The maximum atomic E-state index is 12.8. The quantitative estimate of drug-likeness (QED) is 0.546. The van der Waals surface area contributed by atoms with E-state index in [0.29, 0.717) is 25.2 Å². The van der Waals surface area contributed by atoms with Crippen LogP contribution in [0.15, 0.2) is 0 Å². The highest BCUT2D eigenvalue weighted by atomic mass is 19.4. The van der Waals surface area contributed by atoms with Crippen molar-refractivity contribution < 1.29 is 13.2 Å². The molecule has 0 aromatic rings. The van der Waals surface area contributed by atoms with Crippen LogP contribution < -0.4 is 0 Å². The standard InChI is InChI=1S/C10H15F3/c11-10(12,13)9-5-1-3-8(7-9)4-2-6-9/h8H,1-7H2. The Morgan fingerprint density at radius 3 is 1.92 bits per heavy atom. The first-order valence-corrected chi connectivity index (χ1v) is 5.10. The van der Waals surface area contributed by atoms with Crippen LogP contribution in [0.2, 0.25) is 0 Å². The molecular formula is C10H15F3. The van der Waals surface area contributed by atoms with Gasteiger partial charge in [0.1, 0.15) is 0 Å². The predicted molar refractivity (Wildman–Crippen MR) is 44.3 cm³/mol. The van der Waals surface area contributed by atoms with Crippen LogP contribution in [0.4, 0.5) is 13.2 Å². The number of alkyl halides is 3. The summed E-state index contributed by atoms with van der Waals surface area (Å²) in [7, 11) is 0. The minimum absolute atomic E-state index is 0.365.